The maximum absolute atomic E-state index is 10.9. The molecule has 56 valence electrons. The first-order valence-electron chi connectivity index (χ1n) is 3.16. The van der Waals surface area contributed by atoms with Crippen molar-refractivity contribution in [3.63, 3.8) is 0 Å². The Morgan fingerprint density at radius 1 is 1.91 bits per heavy atom. The normalized spacial score (nSPS) is 9.09. The van der Waals surface area contributed by atoms with E-state index in [4.69, 9.17) is 5.26 Å². The molecule has 0 saturated carbocycles. The second-order valence-corrected chi connectivity index (χ2v) is 2.13. The van der Waals surface area contributed by atoms with Gasteiger partial charge >= 0.3 is 0 Å². The van der Waals surface area contributed by atoms with Gasteiger partial charge in [0.25, 0.3) is 5.91 Å². The lowest BCUT2D eigenvalue weighted by Crippen LogP contribution is -2.09. The van der Waals surface area contributed by atoms with Crippen LogP contribution < -0.4 is 0 Å². The van der Waals surface area contributed by atoms with Crippen molar-refractivity contribution >= 4 is 5.91 Å². The summed E-state index contributed by atoms with van der Waals surface area (Å²) in [6.45, 7) is 1.79. The molecule has 0 bridgehead atoms. The number of aromatic nitrogens is 2. The summed E-state index contributed by atoms with van der Waals surface area (Å²) in [5.41, 5.74) is 0.774. The molecule has 0 amide bonds. The van der Waals surface area contributed by atoms with Crippen LogP contribution in [0.3, 0.4) is 0 Å². The molecule has 1 heterocycles. The van der Waals surface area contributed by atoms with Crippen molar-refractivity contribution in [3.05, 3.63) is 18.0 Å². The van der Waals surface area contributed by atoms with Crippen LogP contribution in [0, 0.1) is 18.3 Å². The second kappa shape index (κ2) is 2.97. The zero-order valence-electron chi connectivity index (χ0n) is 6.11. The SMILES string of the molecule is Cc1ccn(C(=O)CC#N)n1. The van der Waals surface area contributed by atoms with Crippen molar-refractivity contribution in [3.8, 4) is 6.07 Å². The van der Waals surface area contributed by atoms with Gasteiger partial charge in [0.1, 0.15) is 6.42 Å². The van der Waals surface area contributed by atoms with Crippen LogP contribution in [0.4, 0.5) is 0 Å². The van der Waals surface area contributed by atoms with Gasteiger partial charge in [-0.1, -0.05) is 0 Å². The number of carbonyl (C=O) groups is 1. The quantitative estimate of drug-likeness (QED) is 0.591. The lowest BCUT2D eigenvalue weighted by Gasteiger charge is -1.91. The number of rotatable bonds is 1. The summed E-state index contributed by atoms with van der Waals surface area (Å²) < 4.78 is 1.18. The van der Waals surface area contributed by atoms with E-state index in [1.807, 2.05) is 0 Å². The highest BCUT2D eigenvalue weighted by Crippen LogP contribution is 1.93. The minimum atomic E-state index is -0.291. The molecule has 4 heteroatoms. The van der Waals surface area contributed by atoms with E-state index < -0.39 is 0 Å². The summed E-state index contributed by atoms with van der Waals surface area (Å²) in [5.74, 6) is -0.291. The Balaban J connectivity index is 2.78. The highest BCUT2D eigenvalue weighted by Gasteiger charge is 2.03. The topological polar surface area (TPSA) is 58.7 Å². The first-order chi connectivity index (χ1) is 5.24. The van der Waals surface area contributed by atoms with Crippen LogP contribution in [0.1, 0.15) is 16.9 Å². The minimum Gasteiger partial charge on any atom is -0.271 e. The fourth-order valence-electron chi connectivity index (χ4n) is 0.703. The Hall–Kier alpha value is -1.63. The van der Waals surface area contributed by atoms with Crippen molar-refractivity contribution in [2.24, 2.45) is 0 Å². The summed E-state index contributed by atoms with van der Waals surface area (Å²) >= 11 is 0. The summed E-state index contributed by atoms with van der Waals surface area (Å²) in [5, 5.41) is 12.0. The van der Waals surface area contributed by atoms with Gasteiger partial charge in [0.2, 0.25) is 0 Å². The molecule has 0 aliphatic heterocycles. The Kier molecular flexibility index (Phi) is 2.02. The summed E-state index contributed by atoms with van der Waals surface area (Å²) in [4.78, 5) is 10.9. The molecule has 0 saturated heterocycles. The lowest BCUT2D eigenvalue weighted by molar-refractivity contribution is 0.0903. The van der Waals surface area contributed by atoms with Crippen LogP contribution in [0.15, 0.2) is 12.3 Å². The maximum Gasteiger partial charge on any atom is 0.261 e. The summed E-state index contributed by atoms with van der Waals surface area (Å²) in [6.07, 6.45) is 1.43. The van der Waals surface area contributed by atoms with E-state index >= 15 is 0 Å². The maximum atomic E-state index is 10.9. The van der Waals surface area contributed by atoms with Gasteiger partial charge in [0.05, 0.1) is 11.8 Å². The smallest absolute Gasteiger partial charge is 0.261 e. The van der Waals surface area contributed by atoms with Gasteiger partial charge in [-0.3, -0.25) is 4.79 Å². The van der Waals surface area contributed by atoms with Crippen LogP contribution in [-0.4, -0.2) is 15.7 Å². The van der Waals surface area contributed by atoms with Crippen LogP contribution in [0.2, 0.25) is 0 Å². The molecule has 1 aromatic heterocycles. The first-order valence-corrected chi connectivity index (χ1v) is 3.16. The summed E-state index contributed by atoms with van der Waals surface area (Å²) in [6, 6.07) is 3.48. The van der Waals surface area contributed by atoms with E-state index in [1.54, 1.807) is 25.3 Å². The van der Waals surface area contributed by atoms with E-state index in [-0.39, 0.29) is 12.3 Å². The zero-order valence-corrected chi connectivity index (χ0v) is 6.11. The van der Waals surface area contributed by atoms with E-state index in [0.29, 0.717) is 0 Å². The van der Waals surface area contributed by atoms with E-state index in [9.17, 15) is 4.79 Å². The molecular weight excluding hydrogens is 142 g/mol. The largest absolute Gasteiger partial charge is 0.271 e. The Labute approximate surface area is 64.1 Å². The van der Waals surface area contributed by atoms with Gasteiger partial charge in [-0.25, -0.2) is 4.68 Å². The Morgan fingerprint density at radius 2 is 2.64 bits per heavy atom. The number of aryl methyl sites for hydroxylation is 1. The van der Waals surface area contributed by atoms with Crippen molar-refractivity contribution in [1.82, 2.24) is 9.78 Å². The molecule has 0 N–H and O–H groups in total. The highest BCUT2D eigenvalue weighted by molar-refractivity contribution is 5.79. The van der Waals surface area contributed by atoms with Gasteiger partial charge < -0.3 is 0 Å². The molecular formula is C7H7N3O. The van der Waals surface area contributed by atoms with Crippen LogP contribution in [0.5, 0.6) is 0 Å². The van der Waals surface area contributed by atoms with Gasteiger partial charge in [0, 0.05) is 6.20 Å². The number of hydrogen-bond donors (Lipinski definition) is 0. The molecule has 0 aliphatic rings. The van der Waals surface area contributed by atoms with Gasteiger partial charge in [-0.2, -0.15) is 10.4 Å². The third-order valence-electron chi connectivity index (χ3n) is 1.21. The number of hydrogen-bond acceptors (Lipinski definition) is 3. The lowest BCUT2D eigenvalue weighted by atomic mass is 10.4. The first kappa shape index (κ1) is 7.48. The summed E-state index contributed by atoms with van der Waals surface area (Å²) in [7, 11) is 0. The number of carbonyl (C=O) groups excluding carboxylic acids is 1. The standard InChI is InChI=1S/C7H7N3O/c1-6-3-5-10(9-6)7(11)2-4-8/h3,5H,2H2,1H3. The van der Waals surface area contributed by atoms with Crippen LogP contribution in [0.25, 0.3) is 0 Å². The van der Waals surface area contributed by atoms with Gasteiger partial charge in [-0.05, 0) is 13.0 Å². The molecule has 0 unspecified atom stereocenters. The molecule has 11 heavy (non-hydrogen) atoms. The van der Waals surface area contributed by atoms with Crippen molar-refractivity contribution in [1.29, 1.82) is 5.26 Å². The fourth-order valence-corrected chi connectivity index (χ4v) is 0.703. The molecule has 0 aromatic carbocycles. The van der Waals surface area contributed by atoms with Crippen molar-refractivity contribution in [2.75, 3.05) is 0 Å². The number of nitrogens with zero attached hydrogens (tertiary/aromatic N) is 3. The molecule has 1 rings (SSSR count). The average molecular weight is 149 g/mol. The van der Waals surface area contributed by atoms with Crippen LogP contribution >= 0.6 is 0 Å². The molecule has 0 radical (unpaired) electrons. The predicted octanol–water partition coefficient (Wildman–Crippen LogP) is 0.745. The van der Waals surface area contributed by atoms with E-state index in [1.165, 1.54) is 4.68 Å². The molecule has 0 spiro atoms. The fraction of sp³-hybridized carbons (Fsp3) is 0.286. The highest BCUT2D eigenvalue weighted by atomic mass is 16.2. The molecule has 1 aromatic rings. The average Bonchev–Trinajstić information content (AvgIpc) is 2.36. The van der Waals surface area contributed by atoms with Gasteiger partial charge in [-0.15, -0.1) is 0 Å². The van der Waals surface area contributed by atoms with Crippen molar-refractivity contribution < 1.29 is 4.79 Å². The molecule has 0 aliphatic carbocycles. The van der Waals surface area contributed by atoms with Crippen molar-refractivity contribution in [2.45, 2.75) is 13.3 Å². The number of nitriles is 1. The van der Waals surface area contributed by atoms with Crippen LogP contribution in [-0.2, 0) is 0 Å². The third kappa shape index (κ3) is 1.64. The predicted molar refractivity (Wildman–Crippen MR) is 37.8 cm³/mol. The monoisotopic (exact) mass is 149 g/mol. The Bertz CT molecular complexity index is 308. The van der Waals surface area contributed by atoms with Gasteiger partial charge in [0.15, 0.2) is 0 Å². The third-order valence-corrected chi connectivity index (χ3v) is 1.21. The van der Waals surface area contributed by atoms with E-state index in [0.717, 1.165) is 5.69 Å². The molecule has 0 atom stereocenters. The second-order valence-electron chi connectivity index (χ2n) is 2.13. The van der Waals surface area contributed by atoms with E-state index in [2.05, 4.69) is 5.10 Å². The molecule has 0 fully saturated rings. The molecule has 4 nitrogen and oxygen atoms in total. The Morgan fingerprint density at radius 3 is 3.09 bits per heavy atom. The minimum absolute atomic E-state index is 0.124. The zero-order chi connectivity index (χ0) is 8.27.